The molecule has 0 bridgehead atoms. The number of para-hydroxylation sites is 1. The average Bonchev–Trinajstić information content (AvgIpc) is 3.33. The van der Waals surface area contributed by atoms with Crippen molar-refractivity contribution in [1.29, 1.82) is 0 Å². The van der Waals surface area contributed by atoms with Crippen LogP contribution in [0.25, 0.3) is 10.9 Å². The van der Waals surface area contributed by atoms with Gasteiger partial charge in [-0.3, -0.25) is 9.89 Å². The molecule has 1 fully saturated rings. The number of aromatic carboxylic acids is 1. The Kier molecular flexibility index (Phi) is 5.80. The van der Waals surface area contributed by atoms with Crippen molar-refractivity contribution in [3.63, 3.8) is 0 Å². The minimum Gasteiger partial charge on any atom is -0.487 e. The van der Waals surface area contributed by atoms with Crippen LogP contribution in [0.2, 0.25) is 0 Å². The number of hydrogen-bond acceptors (Lipinski definition) is 6. The average molecular weight is 479 g/mol. The summed E-state index contributed by atoms with van der Waals surface area (Å²) in [4.78, 5) is 38.8. The number of aromatic amines is 1. The van der Waals surface area contributed by atoms with Gasteiger partial charge in [-0.15, -0.1) is 0 Å². The van der Waals surface area contributed by atoms with E-state index in [-0.39, 0.29) is 17.6 Å². The van der Waals surface area contributed by atoms with E-state index in [1.54, 1.807) is 42.3 Å². The number of carbonyl (C=O) groups is 3. The third-order valence-corrected chi connectivity index (χ3v) is 6.76. The number of fused-ring (bicyclic) bond motifs is 2. The molecule has 3 aromatic rings. The first-order chi connectivity index (χ1) is 16.9. The van der Waals surface area contributed by atoms with Gasteiger partial charge in [0.1, 0.15) is 11.4 Å². The monoisotopic (exact) mass is 478 g/mol. The van der Waals surface area contributed by atoms with Crippen molar-refractivity contribution in [2.45, 2.75) is 37.8 Å². The second-order valence-electron chi connectivity index (χ2n) is 8.90. The molecule has 2 aliphatic rings. The number of H-pyrrole nitrogens is 1. The number of carbonyl (C=O) groups excluding carboxylic acids is 2. The molecule has 35 heavy (non-hydrogen) atoms. The van der Waals surface area contributed by atoms with Gasteiger partial charge in [-0.2, -0.15) is 5.10 Å². The highest BCUT2D eigenvalue weighted by Crippen LogP contribution is 2.45. The summed E-state index contributed by atoms with van der Waals surface area (Å²) in [5.41, 5.74) is 1.23. The molecule has 1 aromatic heterocycles. The lowest BCUT2D eigenvalue weighted by Gasteiger charge is -2.46. The fourth-order valence-electron chi connectivity index (χ4n) is 4.94. The van der Waals surface area contributed by atoms with Crippen LogP contribution in [0.5, 0.6) is 5.75 Å². The molecule has 182 valence electrons. The molecule has 10 nitrogen and oxygen atoms in total. The minimum atomic E-state index is -1.05. The lowest BCUT2D eigenvalue weighted by Crippen LogP contribution is -2.53. The lowest BCUT2D eigenvalue weighted by atomic mass is 9.80. The maximum absolute atomic E-state index is 13.4. The Hall–Kier alpha value is -4.08. The molecule has 3 heterocycles. The van der Waals surface area contributed by atoms with Gasteiger partial charge in [0.25, 0.3) is 5.91 Å². The summed E-state index contributed by atoms with van der Waals surface area (Å²) in [6, 6.07) is 9.60. The highest BCUT2D eigenvalue weighted by molar-refractivity contribution is 6.05. The summed E-state index contributed by atoms with van der Waals surface area (Å²) in [7, 11) is 0. The predicted molar refractivity (Wildman–Crippen MR) is 126 cm³/mol. The van der Waals surface area contributed by atoms with E-state index in [2.05, 4.69) is 15.5 Å². The van der Waals surface area contributed by atoms with Gasteiger partial charge in [0, 0.05) is 43.3 Å². The van der Waals surface area contributed by atoms with Gasteiger partial charge < -0.3 is 24.8 Å². The largest absolute Gasteiger partial charge is 0.487 e. The highest BCUT2D eigenvalue weighted by Gasteiger charge is 2.45. The zero-order valence-corrected chi connectivity index (χ0v) is 19.2. The fraction of sp³-hybridized carbons (Fsp3) is 0.360. The Balaban J connectivity index is 1.44. The van der Waals surface area contributed by atoms with Crippen molar-refractivity contribution in [3.05, 3.63) is 59.3 Å². The number of ether oxygens (including phenoxy) is 2. The molecule has 0 radical (unpaired) electrons. The normalized spacial score (nSPS) is 18.5. The maximum Gasteiger partial charge on any atom is 0.409 e. The fourth-order valence-corrected chi connectivity index (χ4v) is 4.94. The van der Waals surface area contributed by atoms with Crippen molar-refractivity contribution in [2.24, 2.45) is 0 Å². The number of benzene rings is 2. The Bertz CT molecular complexity index is 1290. The number of amides is 2. The molecule has 5 rings (SSSR count). The molecule has 1 spiro atoms. The number of rotatable bonds is 4. The summed E-state index contributed by atoms with van der Waals surface area (Å²) in [5.74, 6) is -0.809. The summed E-state index contributed by atoms with van der Waals surface area (Å²) < 4.78 is 11.5. The summed E-state index contributed by atoms with van der Waals surface area (Å²) in [5, 5.41) is 20.3. The zero-order chi connectivity index (χ0) is 24.6. The second-order valence-corrected chi connectivity index (χ2v) is 8.90. The third kappa shape index (κ3) is 4.27. The van der Waals surface area contributed by atoms with Crippen molar-refractivity contribution in [3.8, 4) is 5.75 Å². The number of carboxylic acids is 1. The van der Waals surface area contributed by atoms with Gasteiger partial charge in [0.05, 0.1) is 35.5 Å². The van der Waals surface area contributed by atoms with Crippen LogP contribution in [0.15, 0.2) is 42.6 Å². The topological polar surface area (TPSA) is 134 Å². The molecule has 0 unspecified atom stereocenters. The molecule has 3 N–H and O–H groups in total. The molecule has 1 saturated heterocycles. The molecular weight excluding hydrogens is 452 g/mol. The lowest BCUT2D eigenvalue weighted by molar-refractivity contribution is -0.0233. The van der Waals surface area contributed by atoms with Gasteiger partial charge >= 0.3 is 12.1 Å². The van der Waals surface area contributed by atoms with E-state index < -0.39 is 17.6 Å². The molecule has 2 amide bonds. The van der Waals surface area contributed by atoms with Crippen molar-refractivity contribution < 1.29 is 29.0 Å². The van der Waals surface area contributed by atoms with Crippen molar-refractivity contribution in [1.82, 2.24) is 20.4 Å². The first-order valence-electron chi connectivity index (χ1n) is 11.6. The van der Waals surface area contributed by atoms with Crippen LogP contribution in [0.1, 0.15) is 58.5 Å². The SMILES string of the molecule is CCOC(=O)N1CCC2(CC1)C[C@H](NC(=O)c1cccc3cn[nH]c13)c1cc(C(=O)O)ccc1O2. The Morgan fingerprint density at radius 1 is 1.26 bits per heavy atom. The molecule has 0 saturated carbocycles. The number of piperidine rings is 1. The van der Waals surface area contributed by atoms with Crippen LogP contribution < -0.4 is 10.1 Å². The number of nitrogens with one attached hydrogen (secondary N) is 2. The van der Waals surface area contributed by atoms with E-state index >= 15 is 0 Å². The number of hydrogen-bond donors (Lipinski definition) is 3. The van der Waals surface area contributed by atoms with E-state index in [1.807, 2.05) is 6.07 Å². The molecule has 2 aromatic carbocycles. The smallest absolute Gasteiger partial charge is 0.409 e. The maximum atomic E-state index is 13.4. The first kappa shape index (κ1) is 22.7. The minimum absolute atomic E-state index is 0.121. The van der Waals surface area contributed by atoms with Gasteiger partial charge in [-0.25, -0.2) is 9.59 Å². The Morgan fingerprint density at radius 2 is 2.06 bits per heavy atom. The van der Waals surface area contributed by atoms with Crippen molar-refractivity contribution in [2.75, 3.05) is 19.7 Å². The zero-order valence-electron chi connectivity index (χ0n) is 19.2. The predicted octanol–water partition coefficient (Wildman–Crippen LogP) is 3.51. The van der Waals surface area contributed by atoms with Crippen LogP contribution in [0, 0.1) is 0 Å². The molecule has 2 aliphatic heterocycles. The Labute approximate surface area is 201 Å². The summed E-state index contributed by atoms with van der Waals surface area (Å²) >= 11 is 0. The highest BCUT2D eigenvalue weighted by atomic mass is 16.6. The number of nitrogens with zero attached hydrogens (tertiary/aromatic N) is 2. The molecule has 1 atom stereocenters. The quantitative estimate of drug-likeness (QED) is 0.522. The van der Waals surface area contributed by atoms with Crippen LogP contribution in [0.4, 0.5) is 4.79 Å². The standard InChI is InChI=1S/C25H26N4O6/c1-2-34-24(33)29-10-8-25(9-11-29)13-19(18-12-15(23(31)32)6-7-20(18)35-25)27-22(30)17-5-3-4-16-14-26-28-21(16)17/h3-7,12,14,19H,2,8-11,13H2,1H3,(H,26,28)(H,27,30)(H,31,32)/t19-/m0/s1. The van der Waals surface area contributed by atoms with Crippen LogP contribution >= 0.6 is 0 Å². The first-order valence-corrected chi connectivity index (χ1v) is 11.6. The van der Waals surface area contributed by atoms with E-state index in [9.17, 15) is 19.5 Å². The van der Waals surface area contributed by atoms with Crippen LogP contribution in [-0.2, 0) is 4.74 Å². The van der Waals surface area contributed by atoms with E-state index in [1.165, 1.54) is 6.07 Å². The van der Waals surface area contributed by atoms with E-state index in [0.717, 1.165) is 5.39 Å². The molecule has 10 heteroatoms. The number of carboxylic acid groups (broad SMARTS) is 1. The van der Waals surface area contributed by atoms with Gasteiger partial charge in [0.2, 0.25) is 0 Å². The molecule has 0 aliphatic carbocycles. The van der Waals surface area contributed by atoms with Crippen LogP contribution in [0.3, 0.4) is 0 Å². The van der Waals surface area contributed by atoms with E-state index in [4.69, 9.17) is 9.47 Å². The number of aromatic nitrogens is 2. The number of likely N-dealkylation sites (tertiary alicyclic amines) is 1. The van der Waals surface area contributed by atoms with Gasteiger partial charge in [-0.1, -0.05) is 12.1 Å². The summed E-state index contributed by atoms with van der Waals surface area (Å²) in [6.07, 6.45) is 2.89. The van der Waals surface area contributed by atoms with Gasteiger partial charge in [-0.05, 0) is 31.2 Å². The molecular formula is C25H26N4O6. The second kappa shape index (κ2) is 8.94. The third-order valence-electron chi connectivity index (χ3n) is 6.76. The van der Waals surface area contributed by atoms with E-state index in [0.29, 0.717) is 61.4 Å². The summed E-state index contributed by atoms with van der Waals surface area (Å²) in [6.45, 7) is 3.02. The Morgan fingerprint density at radius 3 is 2.80 bits per heavy atom. The van der Waals surface area contributed by atoms with Gasteiger partial charge in [0.15, 0.2) is 0 Å². The van der Waals surface area contributed by atoms with Crippen molar-refractivity contribution >= 4 is 28.9 Å². The van der Waals surface area contributed by atoms with Crippen LogP contribution in [-0.4, -0.2) is 63.5 Å².